The smallest absolute Gasteiger partial charge is 0.338 e. The number of hydrogen-bond donors (Lipinski definition) is 0. The van der Waals surface area contributed by atoms with Gasteiger partial charge in [0, 0.05) is 25.0 Å². The average molecular weight is 477 g/mol. The lowest BCUT2D eigenvalue weighted by Gasteiger charge is -2.06. The minimum absolute atomic E-state index is 0.134. The predicted molar refractivity (Wildman–Crippen MR) is 122 cm³/mol. The van der Waals surface area contributed by atoms with Gasteiger partial charge >= 0.3 is 5.97 Å². The molecule has 1 amide bonds. The van der Waals surface area contributed by atoms with Gasteiger partial charge in [-0.05, 0) is 56.3 Å². The molecule has 3 rings (SSSR count). The van der Waals surface area contributed by atoms with Crippen molar-refractivity contribution in [2.75, 3.05) is 26.1 Å². The van der Waals surface area contributed by atoms with Crippen molar-refractivity contribution in [3.05, 3.63) is 58.4 Å². The molecule has 0 bridgehead atoms. The molecule has 1 aromatic heterocycles. The molecule has 8 nitrogen and oxygen atoms in total. The second kappa shape index (κ2) is 10.2. The molecule has 0 aliphatic carbocycles. The Morgan fingerprint density at radius 1 is 1.03 bits per heavy atom. The van der Waals surface area contributed by atoms with E-state index in [1.165, 1.54) is 35.6 Å². The number of benzene rings is 2. The highest BCUT2D eigenvalue weighted by Gasteiger charge is 2.14. The van der Waals surface area contributed by atoms with Crippen LogP contribution in [-0.4, -0.2) is 50.9 Å². The largest absolute Gasteiger partial charge is 0.462 e. The molecule has 0 N–H and O–H groups in total. The van der Waals surface area contributed by atoms with Gasteiger partial charge in [0.25, 0.3) is 5.91 Å². The van der Waals surface area contributed by atoms with Crippen LogP contribution in [0.2, 0.25) is 0 Å². The van der Waals surface area contributed by atoms with E-state index in [4.69, 9.17) is 9.47 Å². The van der Waals surface area contributed by atoms with E-state index in [9.17, 15) is 18.0 Å². The monoisotopic (exact) mass is 476 g/mol. The first kappa shape index (κ1) is 23.8. The van der Waals surface area contributed by atoms with Crippen LogP contribution in [0.1, 0.15) is 34.6 Å². The van der Waals surface area contributed by atoms with Crippen LogP contribution in [0, 0.1) is 0 Å². The number of ether oxygens (including phenoxy) is 2. The molecular formula is C22H24N2O6S2. The van der Waals surface area contributed by atoms with Crippen molar-refractivity contribution >= 4 is 43.3 Å². The van der Waals surface area contributed by atoms with Crippen LogP contribution in [0.15, 0.2) is 52.4 Å². The number of sulfone groups is 1. The van der Waals surface area contributed by atoms with Gasteiger partial charge in [-0.3, -0.25) is 4.79 Å². The van der Waals surface area contributed by atoms with Crippen molar-refractivity contribution in [3.63, 3.8) is 0 Å². The molecule has 0 aliphatic rings. The highest BCUT2D eigenvalue weighted by molar-refractivity contribution is 7.90. The number of carbonyl (C=O) groups excluding carboxylic acids is 2. The minimum Gasteiger partial charge on any atom is -0.462 e. The number of thiazole rings is 1. The van der Waals surface area contributed by atoms with E-state index >= 15 is 0 Å². The molecule has 3 aromatic rings. The lowest BCUT2D eigenvalue weighted by atomic mass is 10.2. The Labute approximate surface area is 190 Å². The van der Waals surface area contributed by atoms with Gasteiger partial charge in [-0.2, -0.15) is 4.99 Å². The molecule has 10 heteroatoms. The fraction of sp³-hybridized carbons (Fsp3) is 0.318. The van der Waals surface area contributed by atoms with E-state index in [-0.39, 0.29) is 17.1 Å². The molecule has 0 atom stereocenters. The van der Waals surface area contributed by atoms with Crippen molar-refractivity contribution < 1.29 is 27.5 Å². The van der Waals surface area contributed by atoms with E-state index in [0.717, 1.165) is 16.5 Å². The van der Waals surface area contributed by atoms with E-state index in [2.05, 4.69) is 4.99 Å². The maximum absolute atomic E-state index is 12.8. The standard InChI is InChI=1S/C22H24N2O6S2/c1-4-29-13-12-24-18-11-8-16(21(26)30-5-2)14-19(18)31-22(24)23-20(25)15-6-9-17(10-7-15)32(3,27)28/h6-11,14H,4-5,12-13H2,1-3H3. The molecular weight excluding hydrogens is 452 g/mol. The van der Waals surface area contributed by atoms with Gasteiger partial charge in [0.15, 0.2) is 14.6 Å². The molecule has 0 saturated carbocycles. The zero-order chi connectivity index (χ0) is 23.3. The Morgan fingerprint density at radius 3 is 2.34 bits per heavy atom. The van der Waals surface area contributed by atoms with Crippen molar-refractivity contribution in [1.29, 1.82) is 0 Å². The quantitative estimate of drug-likeness (QED) is 0.366. The van der Waals surface area contributed by atoms with Crippen LogP contribution in [0.25, 0.3) is 10.2 Å². The first-order valence-corrected chi connectivity index (χ1v) is 12.7. The molecule has 1 heterocycles. The molecule has 0 radical (unpaired) electrons. The summed E-state index contributed by atoms with van der Waals surface area (Å²) in [5, 5.41) is 0. The number of rotatable bonds is 8. The number of hydrogen-bond acceptors (Lipinski definition) is 7. The van der Waals surface area contributed by atoms with Crippen molar-refractivity contribution in [3.8, 4) is 0 Å². The third-order valence-corrected chi connectivity index (χ3v) is 6.75. The van der Waals surface area contributed by atoms with E-state index in [1.807, 2.05) is 11.5 Å². The minimum atomic E-state index is -3.35. The number of esters is 1. The number of nitrogens with zero attached hydrogens (tertiary/aromatic N) is 2. The average Bonchev–Trinajstić information content (AvgIpc) is 3.09. The molecule has 0 saturated heterocycles. The third-order valence-electron chi connectivity index (χ3n) is 4.58. The summed E-state index contributed by atoms with van der Waals surface area (Å²) in [4.78, 5) is 29.7. The number of fused-ring (bicyclic) bond motifs is 1. The fourth-order valence-electron chi connectivity index (χ4n) is 3.01. The van der Waals surface area contributed by atoms with Crippen LogP contribution in [0.3, 0.4) is 0 Å². The fourth-order valence-corrected chi connectivity index (χ4v) is 4.74. The van der Waals surface area contributed by atoms with Crippen LogP contribution >= 0.6 is 11.3 Å². The first-order valence-electron chi connectivity index (χ1n) is 10.0. The summed E-state index contributed by atoms with van der Waals surface area (Å²) >= 11 is 1.28. The normalized spacial score (nSPS) is 12.3. The molecule has 2 aromatic carbocycles. The lowest BCUT2D eigenvalue weighted by Crippen LogP contribution is -2.19. The summed E-state index contributed by atoms with van der Waals surface area (Å²) < 4.78 is 36.5. The van der Waals surface area contributed by atoms with Gasteiger partial charge < -0.3 is 14.0 Å². The maximum atomic E-state index is 12.8. The van der Waals surface area contributed by atoms with Gasteiger partial charge in [-0.15, -0.1) is 0 Å². The molecule has 0 fully saturated rings. The van der Waals surface area contributed by atoms with Gasteiger partial charge in [0.2, 0.25) is 0 Å². The van der Waals surface area contributed by atoms with E-state index in [0.29, 0.717) is 30.1 Å². The third kappa shape index (κ3) is 5.50. The zero-order valence-corrected chi connectivity index (χ0v) is 19.7. The number of amides is 1. The highest BCUT2D eigenvalue weighted by atomic mass is 32.2. The van der Waals surface area contributed by atoms with Crippen molar-refractivity contribution in [2.45, 2.75) is 25.3 Å². The summed E-state index contributed by atoms with van der Waals surface area (Å²) in [7, 11) is -3.35. The second-order valence-electron chi connectivity index (χ2n) is 6.85. The Kier molecular flexibility index (Phi) is 7.60. The van der Waals surface area contributed by atoms with Crippen LogP contribution in [0.5, 0.6) is 0 Å². The Balaban J connectivity index is 2.03. The predicted octanol–water partition coefficient (Wildman–Crippen LogP) is 3.06. The lowest BCUT2D eigenvalue weighted by molar-refractivity contribution is 0.0526. The van der Waals surface area contributed by atoms with Gasteiger partial charge in [-0.25, -0.2) is 13.2 Å². The second-order valence-corrected chi connectivity index (χ2v) is 9.87. The summed E-state index contributed by atoms with van der Waals surface area (Å²) in [6.07, 6.45) is 1.11. The summed E-state index contributed by atoms with van der Waals surface area (Å²) in [6.45, 7) is 5.40. The maximum Gasteiger partial charge on any atom is 0.338 e. The van der Waals surface area contributed by atoms with Crippen molar-refractivity contribution in [2.24, 2.45) is 4.99 Å². The van der Waals surface area contributed by atoms with Crippen LogP contribution in [-0.2, 0) is 25.9 Å². The zero-order valence-electron chi connectivity index (χ0n) is 18.0. The van der Waals surface area contributed by atoms with Crippen LogP contribution in [0.4, 0.5) is 0 Å². The van der Waals surface area contributed by atoms with E-state index in [1.54, 1.807) is 25.1 Å². The number of aromatic nitrogens is 1. The summed E-state index contributed by atoms with van der Waals surface area (Å²) in [5.41, 5.74) is 1.52. The Bertz CT molecular complexity index is 1300. The SMILES string of the molecule is CCOCCn1c(=NC(=O)c2ccc(S(C)(=O)=O)cc2)sc2cc(C(=O)OCC)ccc21. The first-order chi connectivity index (χ1) is 15.2. The topological polar surface area (TPSA) is 104 Å². The Morgan fingerprint density at radius 2 is 1.72 bits per heavy atom. The number of carbonyl (C=O) groups is 2. The summed E-state index contributed by atoms with van der Waals surface area (Å²) in [5.74, 6) is -0.906. The molecule has 0 unspecified atom stereocenters. The van der Waals surface area contributed by atoms with Gasteiger partial charge in [0.1, 0.15) is 0 Å². The summed E-state index contributed by atoms with van der Waals surface area (Å²) in [6, 6.07) is 10.9. The molecule has 0 aliphatic heterocycles. The van der Waals surface area contributed by atoms with Gasteiger partial charge in [0.05, 0.1) is 33.9 Å². The van der Waals surface area contributed by atoms with Gasteiger partial charge in [-0.1, -0.05) is 11.3 Å². The van der Waals surface area contributed by atoms with E-state index < -0.39 is 21.7 Å². The molecule has 170 valence electrons. The Hall–Kier alpha value is -2.82. The highest BCUT2D eigenvalue weighted by Crippen LogP contribution is 2.20. The molecule has 32 heavy (non-hydrogen) atoms. The van der Waals surface area contributed by atoms with Crippen LogP contribution < -0.4 is 4.80 Å². The van der Waals surface area contributed by atoms with Crippen molar-refractivity contribution in [1.82, 2.24) is 4.57 Å². The molecule has 0 spiro atoms.